The Morgan fingerprint density at radius 2 is 2.00 bits per heavy atom. The van der Waals surface area contributed by atoms with Crippen molar-refractivity contribution in [3.63, 3.8) is 0 Å². The number of nitrogens with zero attached hydrogens (tertiary/aromatic N) is 1. The number of benzene rings is 1. The number of halogens is 1. The Bertz CT molecular complexity index is 388. The molecule has 0 unspecified atom stereocenters. The highest BCUT2D eigenvalue weighted by molar-refractivity contribution is 6.30. The lowest BCUT2D eigenvalue weighted by molar-refractivity contribution is 0.154. The van der Waals surface area contributed by atoms with Gasteiger partial charge in [-0.15, -0.1) is 0 Å². The average molecular weight is 268 g/mol. The van der Waals surface area contributed by atoms with E-state index in [-0.39, 0.29) is 0 Å². The van der Waals surface area contributed by atoms with E-state index in [9.17, 15) is 5.11 Å². The first-order valence-electron chi connectivity index (χ1n) is 6.92. The van der Waals surface area contributed by atoms with Gasteiger partial charge in [-0.3, -0.25) is 4.90 Å². The van der Waals surface area contributed by atoms with Gasteiger partial charge >= 0.3 is 0 Å². The van der Waals surface area contributed by atoms with Gasteiger partial charge in [-0.05, 0) is 31.5 Å². The summed E-state index contributed by atoms with van der Waals surface area (Å²) in [6.07, 6.45) is 6.65. The molecule has 0 atom stereocenters. The Morgan fingerprint density at radius 3 is 2.61 bits per heavy atom. The topological polar surface area (TPSA) is 23.5 Å². The van der Waals surface area contributed by atoms with E-state index in [2.05, 4.69) is 11.8 Å². The average Bonchev–Trinajstić information content (AvgIpc) is 2.39. The van der Waals surface area contributed by atoms with Crippen LogP contribution in [-0.4, -0.2) is 22.6 Å². The van der Waals surface area contributed by atoms with Gasteiger partial charge in [0.05, 0.1) is 0 Å². The van der Waals surface area contributed by atoms with Crippen molar-refractivity contribution in [1.82, 2.24) is 4.90 Å². The molecule has 1 aliphatic rings. The third-order valence-electron chi connectivity index (χ3n) is 3.92. The van der Waals surface area contributed by atoms with Crippen LogP contribution in [-0.2, 0) is 6.54 Å². The van der Waals surface area contributed by atoms with Crippen molar-refractivity contribution in [3.05, 3.63) is 28.8 Å². The Morgan fingerprint density at radius 1 is 1.28 bits per heavy atom. The van der Waals surface area contributed by atoms with E-state index < -0.39 is 0 Å². The second kappa shape index (κ2) is 6.44. The molecule has 0 heterocycles. The standard InChI is InChI=1S/C15H22ClNO/c1-2-17(14-6-4-3-5-7-14)11-12-8-9-13(16)10-15(12)18/h8-10,14,18H,2-7,11H2,1H3. The summed E-state index contributed by atoms with van der Waals surface area (Å²) in [5.41, 5.74) is 0.979. The van der Waals surface area contributed by atoms with Crippen molar-refractivity contribution in [1.29, 1.82) is 0 Å². The van der Waals surface area contributed by atoms with E-state index in [4.69, 9.17) is 11.6 Å². The molecule has 18 heavy (non-hydrogen) atoms. The van der Waals surface area contributed by atoms with Crippen LogP contribution in [0.3, 0.4) is 0 Å². The summed E-state index contributed by atoms with van der Waals surface area (Å²) in [5, 5.41) is 10.5. The van der Waals surface area contributed by atoms with Crippen molar-refractivity contribution < 1.29 is 5.11 Å². The summed E-state index contributed by atoms with van der Waals surface area (Å²) in [5.74, 6) is 0.316. The Hall–Kier alpha value is -0.730. The van der Waals surface area contributed by atoms with E-state index in [1.54, 1.807) is 6.07 Å². The molecule has 3 heteroatoms. The molecule has 1 aromatic carbocycles. The van der Waals surface area contributed by atoms with Crippen LogP contribution in [0.1, 0.15) is 44.6 Å². The minimum atomic E-state index is 0.316. The van der Waals surface area contributed by atoms with E-state index in [0.717, 1.165) is 18.7 Å². The minimum absolute atomic E-state index is 0.316. The summed E-state index contributed by atoms with van der Waals surface area (Å²) in [4.78, 5) is 2.47. The summed E-state index contributed by atoms with van der Waals surface area (Å²) < 4.78 is 0. The number of phenols is 1. The van der Waals surface area contributed by atoms with E-state index in [1.165, 1.54) is 32.1 Å². The smallest absolute Gasteiger partial charge is 0.121 e. The first-order chi connectivity index (χ1) is 8.70. The zero-order valence-corrected chi connectivity index (χ0v) is 11.8. The number of rotatable bonds is 4. The number of hydrogen-bond donors (Lipinski definition) is 1. The van der Waals surface area contributed by atoms with Crippen LogP contribution in [0.4, 0.5) is 0 Å². The number of aromatic hydroxyl groups is 1. The molecule has 2 nitrogen and oxygen atoms in total. The molecule has 0 aromatic heterocycles. The predicted octanol–water partition coefficient (Wildman–Crippen LogP) is 4.20. The maximum Gasteiger partial charge on any atom is 0.121 e. The second-order valence-corrected chi connectivity index (χ2v) is 5.56. The predicted molar refractivity (Wildman–Crippen MR) is 76.1 cm³/mol. The molecule has 100 valence electrons. The van der Waals surface area contributed by atoms with Crippen molar-refractivity contribution in [2.45, 2.75) is 51.6 Å². The molecule has 1 saturated carbocycles. The number of phenolic OH excluding ortho intramolecular Hbond substituents is 1. The van der Waals surface area contributed by atoms with Gasteiger partial charge in [0.25, 0.3) is 0 Å². The molecule has 1 fully saturated rings. The maximum atomic E-state index is 9.92. The van der Waals surface area contributed by atoms with Crippen LogP contribution in [0.25, 0.3) is 0 Å². The molecule has 0 radical (unpaired) electrons. The molecule has 0 spiro atoms. The molecule has 1 N–H and O–H groups in total. The largest absolute Gasteiger partial charge is 0.508 e. The quantitative estimate of drug-likeness (QED) is 0.884. The fourth-order valence-electron chi connectivity index (χ4n) is 2.83. The summed E-state index contributed by atoms with van der Waals surface area (Å²) in [7, 11) is 0. The zero-order valence-electron chi connectivity index (χ0n) is 11.0. The van der Waals surface area contributed by atoms with Crippen LogP contribution in [0, 0.1) is 0 Å². The molecule has 0 bridgehead atoms. The molecule has 0 aliphatic heterocycles. The number of hydrogen-bond acceptors (Lipinski definition) is 2. The highest BCUT2D eigenvalue weighted by atomic mass is 35.5. The molecule has 2 rings (SSSR count). The van der Waals surface area contributed by atoms with Gasteiger partial charge in [0.1, 0.15) is 5.75 Å². The van der Waals surface area contributed by atoms with Crippen LogP contribution in [0.5, 0.6) is 5.75 Å². The van der Waals surface area contributed by atoms with Crippen molar-refractivity contribution in [2.75, 3.05) is 6.54 Å². The Labute approximate surface area is 115 Å². The summed E-state index contributed by atoms with van der Waals surface area (Å²) in [6, 6.07) is 6.10. The second-order valence-electron chi connectivity index (χ2n) is 5.13. The lowest BCUT2D eigenvalue weighted by Crippen LogP contribution is -2.36. The van der Waals surface area contributed by atoms with Crippen LogP contribution >= 0.6 is 11.6 Å². The van der Waals surface area contributed by atoms with Crippen LogP contribution in [0.2, 0.25) is 5.02 Å². The molecular formula is C15H22ClNO. The van der Waals surface area contributed by atoms with Gasteiger partial charge in [-0.2, -0.15) is 0 Å². The SMILES string of the molecule is CCN(Cc1ccc(Cl)cc1O)C1CCCCC1. The monoisotopic (exact) mass is 267 g/mol. The summed E-state index contributed by atoms with van der Waals surface area (Å²) >= 11 is 5.86. The minimum Gasteiger partial charge on any atom is -0.508 e. The maximum absolute atomic E-state index is 9.92. The van der Waals surface area contributed by atoms with Crippen molar-refractivity contribution in [2.24, 2.45) is 0 Å². The normalized spacial score (nSPS) is 17.3. The van der Waals surface area contributed by atoms with Gasteiger partial charge in [-0.1, -0.05) is 43.9 Å². The van der Waals surface area contributed by atoms with Crippen LogP contribution in [0.15, 0.2) is 18.2 Å². The molecular weight excluding hydrogens is 246 g/mol. The highest BCUT2D eigenvalue weighted by Crippen LogP contribution is 2.27. The molecule has 1 aliphatic carbocycles. The third-order valence-corrected chi connectivity index (χ3v) is 4.15. The van der Waals surface area contributed by atoms with Crippen molar-refractivity contribution >= 4 is 11.6 Å². The Balaban J connectivity index is 2.04. The molecule has 0 saturated heterocycles. The first-order valence-corrected chi connectivity index (χ1v) is 7.30. The van der Waals surface area contributed by atoms with E-state index >= 15 is 0 Å². The van der Waals surface area contributed by atoms with Gasteiger partial charge in [0.2, 0.25) is 0 Å². The fraction of sp³-hybridized carbons (Fsp3) is 0.600. The fourth-order valence-corrected chi connectivity index (χ4v) is 3.00. The molecule has 1 aromatic rings. The third kappa shape index (κ3) is 3.39. The lowest BCUT2D eigenvalue weighted by atomic mass is 9.94. The first kappa shape index (κ1) is 13.7. The van der Waals surface area contributed by atoms with Gasteiger partial charge in [0, 0.05) is 23.2 Å². The van der Waals surface area contributed by atoms with E-state index in [0.29, 0.717) is 16.8 Å². The van der Waals surface area contributed by atoms with Crippen LogP contribution < -0.4 is 0 Å². The van der Waals surface area contributed by atoms with Gasteiger partial charge in [0.15, 0.2) is 0 Å². The zero-order chi connectivity index (χ0) is 13.0. The van der Waals surface area contributed by atoms with Gasteiger partial charge in [-0.25, -0.2) is 0 Å². The highest BCUT2D eigenvalue weighted by Gasteiger charge is 2.20. The Kier molecular flexibility index (Phi) is 4.90. The van der Waals surface area contributed by atoms with E-state index in [1.807, 2.05) is 12.1 Å². The van der Waals surface area contributed by atoms with Crippen molar-refractivity contribution in [3.8, 4) is 5.75 Å². The molecule has 0 amide bonds. The summed E-state index contributed by atoms with van der Waals surface area (Å²) in [6.45, 7) is 4.05. The van der Waals surface area contributed by atoms with Gasteiger partial charge < -0.3 is 5.11 Å². The lowest BCUT2D eigenvalue weighted by Gasteiger charge is -2.33.